The van der Waals surface area contributed by atoms with Crippen molar-refractivity contribution in [3.05, 3.63) is 35.6 Å². The van der Waals surface area contributed by atoms with Crippen molar-refractivity contribution in [3.63, 3.8) is 0 Å². The first-order valence-electron chi connectivity index (χ1n) is 5.91. The fourth-order valence-corrected chi connectivity index (χ4v) is 2.28. The van der Waals surface area contributed by atoms with Crippen LogP contribution in [0.25, 0.3) is 0 Å². The fraction of sp³-hybridized carbons (Fsp3) is 0.462. The van der Waals surface area contributed by atoms with Crippen molar-refractivity contribution in [2.45, 2.75) is 19.4 Å². The molecule has 17 heavy (non-hydrogen) atoms. The molecule has 1 unspecified atom stereocenters. The number of hydrogen-bond donors (Lipinski definition) is 1. The van der Waals surface area contributed by atoms with Crippen LogP contribution in [0.3, 0.4) is 0 Å². The number of halogens is 1. The number of amides is 1. The molecule has 92 valence electrons. The molecule has 0 spiro atoms. The molecule has 1 heterocycles. The number of rotatable bonds is 3. The number of piperidine rings is 1. The zero-order valence-electron chi connectivity index (χ0n) is 9.73. The second kappa shape index (κ2) is 5.27. The third-order valence-corrected chi connectivity index (χ3v) is 3.23. The molecule has 1 aromatic rings. The number of carbonyl (C=O) groups excluding carboxylic acids is 1. The molecule has 0 bridgehead atoms. The molecule has 1 amide bonds. The summed E-state index contributed by atoms with van der Waals surface area (Å²) in [5.41, 5.74) is 6.39. The summed E-state index contributed by atoms with van der Waals surface area (Å²) in [5, 5.41) is 0. The number of primary amides is 1. The van der Waals surface area contributed by atoms with Crippen molar-refractivity contribution in [3.8, 4) is 0 Å². The largest absolute Gasteiger partial charge is 0.369 e. The van der Waals surface area contributed by atoms with Gasteiger partial charge in [-0.25, -0.2) is 4.39 Å². The van der Waals surface area contributed by atoms with E-state index in [9.17, 15) is 9.18 Å². The van der Waals surface area contributed by atoms with Crippen LogP contribution in [0.5, 0.6) is 0 Å². The third kappa shape index (κ3) is 3.27. The highest BCUT2D eigenvalue weighted by molar-refractivity contribution is 5.76. The summed E-state index contributed by atoms with van der Waals surface area (Å²) in [6.45, 7) is 2.44. The molecule has 2 N–H and O–H groups in total. The fourth-order valence-electron chi connectivity index (χ4n) is 2.28. The highest BCUT2D eigenvalue weighted by Gasteiger charge is 2.23. The maximum Gasteiger partial charge on any atom is 0.221 e. The van der Waals surface area contributed by atoms with Gasteiger partial charge in [-0.1, -0.05) is 12.1 Å². The number of likely N-dealkylation sites (tertiary alicyclic amines) is 1. The Hall–Kier alpha value is -1.42. The minimum atomic E-state index is -0.220. The predicted octanol–water partition coefficient (Wildman–Crippen LogP) is 1.52. The molecule has 3 nitrogen and oxygen atoms in total. The van der Waals surface area contributed by atoms with E-state index in [4.69, 9.17) is 5.73 Å². The summed E-state index contributed by atoms with van der Waals surface area (Å²) in [5.74, 6) is -0.472. The molecule has 1 aliphatic heterocycles. The lowest BCUT2D eigenvalue weighted by Gasteiger charge is -2.31. The smallest absolute Gasteiger partial charge is 0.221 e. The summed E-state index contributed by atoms with van der Waals surface area (Å²) < 4.78 is 12.8. The van der Waals surface area contributed by atoms with Gasteiger partial charge in [-0.05, 0) is 37.1 Å². The van der Waals surface area contributed by atoms with Crippen molar-refractivity contribution in [2.75, 3.05) is 13.1 Å². The molecule has 1 atom stereocenters. The van der Waals surface area contributed by atoms with E-state index in [1.165, 1.54) is 12.1 Å². The Bertz CT molecular complexity index is 391. The van der Waals surface area contributed by atoms with Gasteiger partial charge in [0, 0.05) is 13.1 Å². The summed E-state index contributed by atoms with van der Waals surface area (Å²) in [6.07, 6.45) is 1.88. The van der Waals surface area contributed by atoms with E-state index in [1.54, 1.807) is 12.1 Å². The van der Waals surface area contributed by atoms with Crippen molar-refractivity contribution in [1.82, 2.24) is 4.90 Å². The van der Waals surface area contributed by atoms with Gasteiger partial charge in [0.2, 0.25) is 5.91 Å². The molecule has 0 saturated carbocycles. The van der Waals surface area contributed by atoms with Crippen molar-refractivity contribution in [1.29, 1.82) is 0 Å². The zero-order chi connectivity index (χ0) is 12.3. The maximum absolute atomic E-state index is 12.8. The topological polar surface area (TPSA) is 46.3 Å². The van der Waals surface area contributed by atoms with E-state index >= 15 is 0 Å². The van der Waals surface area contributed by atoms with Crippen molar-refractivity contribution >= 4 is 5.91 Å². The summed E-state index contributed by atoms with van der Waals surface area (Å²) in [7, 11) is 0. The second-order valence-corrected chi connectivity index (χ2v) is 4.60. The van der Waals surface area contributed by atoms with Crippen LogP contribution in [0.4, 0.5) is 4.39 Å². The van der Waals surface area contributed by atoms with E-state index in [-0.39, 0.29) is 17.6 Å². The van der Waals surface area contributed by atoms with Gasteiger partial charge in [0.15, 0.2) is 0 Å². The van der Waals surface area contributed by atoms with Gasteiger partial charge < -0.3 is 5.73 Å². The van der Waals surface area contributed by atoms with Crippen molar-refractivity contribution in [2.24, 2.45) is 11.7 Å². The van der Waals surface area contributed by atoms with Gasteiger partial charge in [-0.2, -0.15) is 0 Å². The molecule has 0 aliphatic carbocycles. The first kappa shape index (κ1) is 12.0. The van der Waals surface area contributed by atoms with E-state index in [0.717, 1.165) is 31.5 Å². The first-order chi connectivity index (χ1) is 8.15. The standard InChI is InChI=1S/C13H17FN2O/c14-12-5-3-10(4-6-12)8-16-7-1-2-11(9-16)13(15)17/h3-6,11H,1-2,7-9H2,(H2,15,17). The van der Waals surface area contributed by atoms with Gasteiger partial charge in [0.25, 0.3) is 0 Å². The highest BCUT2D eigenvalue weighted by Crippen LogP contribution is 2.18. The van der Waals surface area contributed by atoms with Gasteiger partial charge in [-0.3, -0.25) is 9.69 Å². The van der Waals surface area contributed by atoms with Crippen LogP contribution in [0, 0.1) is 11.7 Å². The van der Waals surface area contributed by atoms with Gasteiger partial charge in [-0.15, -0.1) is 0 Å². The molecule has 1 saturated heterocycles. The zero-order valence-corrected chi connectivity index (χ0v) is 9.73. The summed E-state index contributed by atoms with van der Waals surface area (Å²) in [6, 6.07) is 6.49. The molecule has 1 aromatic carbocycles. The summed E-state index contributed by atoms with van der Waals surface area (Å²) >= 11 is 0. The molecule has 2 rings (SSSR count). The Morgan fingerprint density at radius 1 is 1.41 bits per heavy atom. The third-order valence-electron chi connectivity index (χ3n) is 3.23. The summed E-state index contributed by atoms with van der Waals surface area (Å²) in [4.78, 5) is 13.3. The molecular weight excluding hydrogens is 219 g/mol. The van der Waals surface area contributed by atoms with Crippen LogP contribution in [-0.2, 0) is 11.3 Å². The quantitative estimate of drug-likeness (QED) is 0.865. The lowest BCUT2D eigenvalue weighted by molar-refractivity contribution is -0.123. The Kier molecular flexibility index (Phi) is 3.74. The molecule has 1 aliphatic rings. The van der Waals surface area contributed by atoms with Crippen LogP contribution in [0.2, 0.25) is 0 Å². The minimum absolute atomic E-state index is 0.0378. The maximum atomic E-state index is 12.8. The molecular formula is C13H17FN2O. The normalized spacial score (nSPS) is 21.4. The Morgan fingerprint density at radius 3 is 2.76 bits per heavy atom. The molecule has 0 radical (unpaired) electrons. The lowest BCUT2D eigenvalue weighted by atomic mass is 9.97. The predicted molar refractivity (Wildman–Crippen MR) is 63.6 cm³/mol. The van der Waals surface area contributed by atoms with E-state index in [1.807, 2.05) is 0 Å². The molecule has 1 fully saturated rings. The number of hydrogen-bond acceptors (Lipinski definition) is 2. The van der Waals surface area contributed by atoms with Crippen LogP contribution < -0.4 is 5.73 Å². The van der Waals surface area contributed by atoms with E-state index in [0.29, 0.717) is 6.54 Å². The highest BCUT2D eigenvalue weighted by atomic mass is 19.1. The van der Waals surface area contributed by atoms with Crippen LogP contribution in [-0.4, -0.2) is 23.9 Å². The first-order valence-corrected chi connectivity index (χ1v) is 5.91. The Morgan fingerprint density at radius 2 is 2.12 bits per heavy atom. The van der Waals surface area contributed by atoms with Crippen LogP contribution in [0.15, 0.2) is 24.3 Å². The lowest BCUT2D eigenvalue weighted by Crippen LogP contribution is -2.40. The number of benzene rings is 1. The SMILES string of the molecule is NC(=O)C1CCCN(Cc2ccc(F)cc2)C1. The van der Waals surface area contributed by atoms with Gasteiger partial charge in [0.1, 0.15) is 5.82 Å². The Balaban J connectivity index is 1.94. The van der Waals surface area contributed by atoms with Crippen LogP contribution >= 0.6 is 0 Å². The van der Waals surface area contributed by atoms with E-state index < -0.39 is 0 Å². The minimum Gasteiger partial charge on any atom is -0.369 e. The number of carbonyl (C=O) groups is 1. The second-order valence-electron chi connectivity index (χ2n) is 4.60. The number of nitrogens with zero attached hydrogens (tertiary/aromatic N) is 1. The average Bonchev–Trinajstić information content (AvgIpc) is 2.32. The van der Waals surface area contributed by atoms with E-state index in [2.05, 4.69) is 4.90 Å². The monoisotopic (exact) mass is 236 g/mol. The van der Waals surface area contributed by atoms with Crippen molar-refractivity contribution < 1.29 is 9.18 Å². The average molecular weight is 236 g/mol. The van der Waals surface area contributed by atoms with Crippen LogP contribution in [0.1, 0.15) is 18.4 Å². The number of nitrogens with two attached hydrogens (primary N) is 1. The van der Waals surface area contributed by atoms with Gasteiger partial charge in [0.05, 0.1) is 5.92 Å². The van der Waals surface area contributed by atoms with Gasteiger partial charge >= 0.3 is 0 Å². The molecule has 0 aromatic heterocycles. The molecule has 4 heteroatoms. The Labute approximate surface area is 100 Å².